The lowest BCUT2D eigenvalue weighted by Crippen LogP contribution is -2.54. The average Bonchev–Trinajstić information content (AvgIpc) is 2.92. The van der Waals surface area contributed by atoms with Crippen LogP contribution in [0.3, 0.4) is 0 Å². The van der Waals surface area contributed by atoms with E-state index < -0.39 is 62.1 Å². The van der Waals surface area contributed by atoms with Crippen LogP contribution in [0.25, 0.3) is 6.08 Å². The summed E-state index contributed by atoms with van der Waals surface area (Å²) in [7, 11) is 1.20. The zero-order valence-electron chi connectivity index (χ0n) is 21.1. The van der Waals surface area contributed by atoms with E-state index in [0.717, 1.165) is 24.3 Å². The third-order valence-electron chi connectivity index (χ3n) is 5.74. The van der Waals surface area contributed by atoms with Crippen LogP contribution in [0.1, 0.15) is 11.1 Å². The van der Waals surface area contributed by atoms with Crippen LogP contribution < -0.4 is 19.7 Å². The molecule has 1 saturated heterocycles. The van der Waals surface area contributed by atoms with Crippen molar-refractivity contribution < 1.29 is 46.9 Å². The molecular weight excluding hydrogens is 673 g/mol. The molecular formula is C25H13BrClF3N4O9. The highest BCUT2D eigenvalue weighted by Crippen LogP contribution is 2.43. The number of urea groups is 1. The van der Waals surface area contributed by atoms with E-state index in [4.69, 9.17) is 21.1 Å². The predicted molar refractivity (Wildman–Crippen MR) is 146 cm³/mol. The molecule has 222 valence electrons. The van der Waals surface area contributed by atoms with E-state index in [2.05, 4.69) is 15.9 Å². The van der Waals surface area contributed by atoms with Crippen molar-refractivity contribution in [1.29, 1.82) is 0 Å². The van der Waals surface area contributed by atoms with Crippen LogP contribution in [0.2, 0.25) is 5.02 Å². The van der Waals surface area contributed by atoms with Crippen molar-refractivity contribution in [3.8, 4) is 17.2 Å². The van der Waals surface area contributed by atoms with Gasteiger partial charge >= 0.3 is 17.9 Å². The van der Waals surface area contributed by atoms with Gasteiger partial charge in [-0.25, -0.2) is 9.69 Å². The van der Waals surface area contributed by atoms with Gasteiger partial charge in [0.2, 0.25) is 5.75 Å². The summed E-state index contributed by atoms with van der Waals surface area (Å²) < 4.78 is 50.8. The Hall–Kier alpha value is -5.03. The molecule has 0 saturated carbocycles. The van der Waals surface area contributed by atoms with Gasteiger partial charge in [-0.05, 0) is 64.0 Å². The van der Waals surface area contributed by atoms with Crippen molar-refractivity contribution in [2.75, 3.05) is 12.0 Å². The van der Waals surface area contributed by atoms with Crippen LogP contribution in [0.15, 0.2) is 58.6 Å². The molecule has 1 aliphatic rings. The molecule has 1 heterocycles. The summed E-state index contributed by atoms with van der Waals surface area (Å²) in [5.74, 6) is -3.05. The molecule has 1 N–H and O–H groups in total. The summed E-state index contributed by atoms with van der Waals surface area (Å²) in [5.41, 5.74) is -3.69. The lowest BCUT2D eigenvalue weighted by Gasteiger charge is -2.27. The number of anilines is 1. The molecule has 3 aromatic carbocycles. The Morgan fingerprint density at radius 3 is 2.30 bits per heavy atom. The number of hydrogen-bond acceptors (Lipinski definition) is 9. The molecule has 0 spiro atoms. The fourth-order valence-electron chi connectivity index (χ4n) is 3.78. The molecule has 1 fully saturated rings. The fraction of sp³-hybridized carbons (Fsp3) is 0.0800. The molecule has 4 rings (SSSR count). The van der Waals surface area contributed by atoms with E-state index in [-0.39, 0.29) is 37.2 Å². The van der Waals surface area contributed by atoms with E-state index in [1.54, 1.807) is 0 Å². The number of benzene rings is 3. The second-order valence-corrected chi connectivity index (χ2v) is 9.69. The lowest BCUT2D eigenvalue weighted by atomic mass is 10.1. The quantitative estimate of drug-likeness (QED) is 0.128. The number of alkyl halides is 3. The monoisotopic (exact) mass is 684 g/mol. The Morgan fingerprint density at radius 2 is 1.70 bits per heavy atom. The second-order valence-electron chi connectivity index (χ2n) is 8.42. The van der Waals surface area contributed by atoms with Crippen LogP contribution in [-0.2, 0) is 15.8 Å². The van der Waals surface area contributed by atoms with E-state index in [0.29, 0.717) is 18.2 Å². The maximum absolute atomic E-state index is 13.3. The van der Waals surface area contributed by atoms with Crippen LogP contribution in [0.4, 0.5) is 35.0 Å². The third-order valence-corrected chi connectivity index (χ3v) is 6.65. The molecule has 0 aromatic heterocycles. The van der Waals surface area contributed by atoms with Crippen LogP contribution in [0, 0.1) is 20.2 Å². The van der Waals surface area contributed by atoms with E-state index in [9.17, 15) is 47.8 Å². The average molecular weight is 686 g/mol. The summed E-state index contributed by atoms with van der Waals surface area (Å²) in [4.78, 5) is 59.4. The Balaban J connectivity index is 1.74. The predicted octanol–water partition coefficient (Wildman–Crippen LogP) is 6.41. The standard InChI is InChI=1S/C25H13BrClF3N4O9/c1-42-20-8-11(7-15(26)21(20)43-19-5-3-13(33(38)39)10-18(19)34(40)41)6-14-22(35)31-24(37)32(23(14)36)17-9-12(25(28,29)30)2-4-16(17)27/h2-10H,1H3,(H,31,35,37)/b14-6+. The number of hydrogen-bond donors (Lipinski definition) is 1. The third kappa shape index (κ3) is 6.26. The van der Waals surface area contributed by atoms with Crippen molar-refractivity contribution in [2.45, 2.75) is 6.18 Å². The molecule has 3 aromatic rings. The Labute approximate surface area is 250 Å². The number of nitro groups is 2. The van der Waals surface area contributed by atoms with Gasteiger partial charge < -0.3 is 9.47 Å². The maximum atomic E-state index is 13.3. The first kappa shape index (κ1) is 30.9. The van der Waals surface area contributed by atoms with E-state index >= 15 is 0 Å². The molecule has 0 radical (unpaired) electrons. The van der Waals surface area contributed by atoms with Crippen LogP contribution in [0.5, 0.6) is 17.2 Å². The topological polar surface area (TPSA) is 171 Å². The minimum Gasteiger partial charge on any atom is -0.493 e. The summed E-state index contributed by atoms with van der Waals surface area (Å²) in [6.45, 7) is 0. The molecule has 43 heavy (non-hydrogen) atoms. The summed E-state index contributed by atoms with van der Waals surface area (Å²) in [5, 5.41) is 24.0. The number of rotatable bonds is 7. The molecule has 18 heteroatoms. The molecule has 1 aliphatic heterocycles. The lowest BCUT2D eigenvalue weighted by molar-refractivity contribution is -0.394. The number of barbiturate groups is 1. The number of nitro benzene ring substituents is 2. The van der Waals surface area contributed by atoms with Crippen molar-refractivity contribution in [1.82, 2.24) is 5.32 Å². The largest absolute Gasteiger partial charge is 0.493 e. The van der Waals surface area contributed by atoms with Gasteiger partial charge in [-0.15, -0.1) is 0 Å². The number of methoxy groups -OCH3 is 1. The van der Waals surface area contributed by atoms with Gasteiger partial charge in [0, 0.05) is 6.07 Å². The van der Waals surface area contributed by atoms with Crippen molar-refractivity contribution >= 4 is 68.5 Å². The number of nitrogens with zero attached hydrogens (tertiary/aromatic N) is 3. The Bertz CT molecular complexity index is 1760. The highest BCUT2D eigenvalue weighted by atomic mass is 79.9. The zero-order chi connectivity index (χ0) is 31.8. The van der Waals surface area contributed by atoms with Crippen LogP contribution in [-0.4, -0.2) is 34.8 Å². The number of carbonyl (C=O) groups excluding carboxylic acids is 3. The first-order valence-corrected chi connectivity index (χ1v) is 12.6. The molecule has 4 amide bonds. The number of imide groups is 2. The smallest absolute Gasteiger partial charge is 0.416 e. The summed E-state index contributed by atoms with van der Waals surface area (Å²) >= 11 is 9.19. The Morgan fingerprint density at radius 1 is 1.00 bits per heavy atom. The van der Waals surface area contributed by atoms with Gasteiger partial charge in [-0.2, -0.15) is 13.2 Å². The van der Waals surface area contributed by atoms with Crippen LogP contribution >= 0.6 is 27.5 Å². The molecule has 0 unspecified atom stereocenters. The number of ether oxygens (including phenoxy) is 2. The minimum atomic E-state index is -4.83. The summed E-state index contributed by atoms with van der Waals surface area (Å²) in [6, 6.07) is 5.87. The molecule has 13 nitrogen and oxygen atoms in total. The van der Waals surface area contributed by atoms with Gasteiger partial charge in [0.15, 0.2) is 11.5 Å². The van der Waals surface area contributed by atoms with Crippen molar-refractivity contribution in [2.24, 2.45) is 0 Å². The number of halogens is 5. The highest BCUT2D eigenvalue weighted by Gasteiger charge is 2.39. The summed E-state index contributed by atoms with van der Waals surface area (Å²) in [6.07, 6.45) is -3.82. The van der Waals surface area contributed by atoms with Gasteiger partial charge in [0.05, 0.1) is 43.8 Å². The maximum Gasteiger partial charge on any atom is 0.416 e. The van der Waals surface area contributed by atoms with Crippen molar-refractivity contribution in [3.63, 3.8) is 0 Å². The fourth-order valence-corrected chi connectivity index (χ4v) is 4.53. The number of carbonyl (C=O) groups is 3. The normalized spacial score (nSPS) is 14.5. The van der Waals surface area contributed by atoms with Gasteiger partial charge in [0.25, 0.3) is 17.5 Å². The van der Waals surface area contributed by atoms with E-state index in [1.807, 2.05) is 5.32 Å². The first-order chi connectivity index (χ1) is 20.1. The van der Waals surface area contributed by atoms with Gasteiger partial charge in [-0.1, -0.05) is 11.6 Å². The Kier molecular flexibility index (Phi) is 8.40. The molecule has 0 bridgehead atoms. The van der Waals surface area contributed by atoms with Gasteiger partial charge in [0.1, 0.15) is 5.57 Å². The molecule has 0 aliphatic carbocycles. The number of amides is 4. The first-order valence-electron chi connectivity index (χ1n) is 11.4. The van der Waals surface area contributed by atoms with Crippen molar-refractivity contribution in [3.05, 3.63) is 95.0 Å². The highest BCUT2D eigenvalue weighted by molar-refractivity contribution is 9.10. The van der Waals surface area contributed by atoms with E-state index in [1.165, 1.54) is 19.2 Å². The second kappa shape index (κ2) is 11.7. The van der Waals surface area contributed by atoms with Gasteiger partial charge in [-0.3, -0.25) is 35.1 Å². The number of nitrogens with one attached hydrogen (secondary N) is 1. The molecule has 0 atom stereocenters. The minimum absolute atomic E-state index is 0.0730. The SMILES string of the molecule is COc1cc(/C=C2\C(=O)NC(=O)N(c3cc(C(F)(F)F)ccc3Cl)C2=O)cc(Br)c1Oc1ccc([N+](=O)[O-])cc1[N+](=O)[O-]. The number of non-ortho nitro benzene ring substituents is 1. The zero-order valence-corrected chi connectivity index (χ0v) is 23.4.